The van der Waals surface area contributed by atoms with Gasteiger partial charge in [0, 0.05) is 23.9 Å². The topological polar surface area (TPSA) is 38.3 Å². The number of hydrogen-bond donors (Lipinski definition) is 1. The molecule has 1 fully saturated rings. The highest BCUT2D eigenvalue weighted by Crippen LogP contribution is 2.23. The molecule has 1 aromatic rings. The third-order valence-electron chi connectivity index (χ3n) is 3.50. The van der Waals surface area contributed by atoms with Crippen molar-refractivity contribution in [1.29, 1.82) is 0 Å². The van der Waals surface area contributed by atoms with Gasteiger partial charge >= 0.3 is 0 Å². The Bertz CT molecular complexity index is 403. The van der Waals surface area contributed by atoms with Gasteiger partial charge in [-0.05, 0) is 26.0 Å². The van der Waals surface area contributed by atoms with Crippen LogP contribution in [-0.2, 0) is 11.2 Å². The second kappa shape index (κ2) is 5.32. The van der Waals surface area contributed by atoms with E-state index in [0.29, 0.717) is 18.2 Å². The van der Waals surface area contributed by atoms with Crippen LogP contribution >= 0.6 is 0 Å². The maximum absolute atomic E-state index is 12.2. The number of ether oxygens (including phenoxy) is 1. The fourth-order valence-corrected chi connectivity index (χ4v) is 2.47. The van der Waals surface area contributed by atoms with Gasteiger partial charge in [-0.1, -0.05) is 18.2 Å². The molecule has 1 aliphatic heterocycles. The summed E-state index contributed by atoms with van der Waals surface area (Å²) in [7, 11) is 1.64. The number of benzene rings is 1. The predicted octanol–water partition coefficient (Wildman–Crippen LogP) is 1.80. The highest BCUT2D eigenvalue weighted by atomic mass is 16.5. The lowest BCUT2D eigenvalue weighted by atomic mass is 9.92. The van der Waals surface area contributed by atoms with Crippen LogP contribution in [0.15, 0.2) is 24.3 Å². The molecule has 0 aliphatic carbocycles. The van der Waals surface area contributed by atoms with E-state index in [1.54, 1.807) is 7.11 Å². The highest BCUT2D eigenvalue weighted by molar-refractivity contribution is 5.84. The summed E-state index contributed by atoms with van der Waals surface area (Å²) in [6.45, 7) is 3.03. The lowest BCUT2D eigenvalue weighted by molar-refractivity contribution is -0.122. The molecule has 1 aliphatic rings. The Labute approximate surface area is 102 Å². The molecule has 0 saturated carbocycles. The van der Waals surface area contributed by atoms with Crippen LogP contribution in [0.5, 0.6) is 5.75 Å². The molecule has 1 N–H and O–H groups in total. The van der Waals surface area contributed by atoms with Crippen LogP contribution in [0.1, 0.15) is 18.9 Å². The molecule has 2 rings (SSSR count). The van der Waals surface area contributed by atoms with Gasteiger partial charge in [0.05, 0.1) is 7.11 Å². The van der Waals surface area contributed by atoms with E-state index in [4.69, 9.17) is 4.74 Å². The molecule has 2 atom stereocenters. The predicted molar refractivity (Wildman–Crippen MR) is 67.3 cm³/mol. The number of Topliss-reactive ketones (excluding diaryl/α,β-unsaturated/α-hetero) is 1. The van der Waals surface area contributed by atoms with Gasteiger partial charge < -0.3 is 10.1 Å². The maximum atomic E-state index is 12.2. The Balaban J connectivity index is 2.07. The van der Waals surface area contributed by atoms with Gasteiger partial charge in [0.1, 0.15) is 11.5 Å². The van der Waals surface area contributed by atoms with Gasteiger partial charge in [-0.2, -0.15) is 0 Å². The summed E-state index contributed by atoms with van der Waals surface area (Å²) in [6.07, 6.45) is 1.43. The van der Waals surface area contributed by atoms with Crippen LogP contribution in [0.3, 0.4) is 0 Å². The first-order chi connectivity index (χ1) is 8.22. The molecule has 1 aromatic carbocycles. The SMILES string of the molecule is COc1ccccc1CC(=O)C1CCNC1C. The van der Waals surface area contributed by atoms with Crippen LogP contribution in [0.2, 0.25) is 0 Å². The second-order valence-corrected chi connectivity index (χ2v) is 4.59. The lowest BCUT2D eigenvalue weighted by Crippen LogP contribution is -2.29. The fourth-order valence-electron chi connectivity index (χ4n) is 2.47. The molecule has 1 heterocycles. The molecule has 92 valence electrons. The average Bonchev–Trinajstić information content (AvgIpc) is 2.76. The summed E-state index contributed by atoms with van der Waals surface area (Å²) in [6, 6.07) is 8.04. The van der Waals surface area contributed by atoms with Crippen molar-refractivity contribution >= 4 is 5.78 Å². The second-order valence-electron chi connectivity index (χ2n) is 4.59. The van der Waals surface area contributed by atoms with E-state index in [1.165, 1.54) is 0 Å². The molecule has 0 bridgehead atoms. The Morgan fingerprint density at radius 3 is 2.88 bits per heavy atom. The van der Waals surface area contributed by atoms with Crippen LogP contribution < -0.4 is 10.1 Å². The van der Waals surface area contributed by atoms with Gasteiger partial charge in [0.2, 0.25) is 0 Å². The number of carbonyl (C=O) groups excluding carboxylic acids is 1. The number of ketones is 1. The first-order valence-electron chi connectivity index (χ1n) is 6.10. The van der Waals surface area contributed by atoms with Gasteiger partial charge in [0.25, 0.3) is 0 Å². The van der Waals surface area contributed by atoms with Crippen molar-refractivity contribution in [2.45, 2.75) is 25.8 Å². The van der Waals surface area contributed by atoms with E-state index in [-0.39, 0.29) is 5.92 Å². The Morgan fingerprint density at radius 2 is 2.24 bits per heavy atom. The normalized spacial score (nSPS) is 23.6. The minimum atomic E-state index is 0.153. The first kappa shape index (κ1) is 12.1. The number of nitrogens with one attached hydrogen (secondary N) is 1. The monoisotopic (exact) mass is 233 g/mol. The largest absolute Gasteiger partial charge is 0.496 e. The van der Waals surface area contributed by atoms with Crippen molar-refractivity contribution in [3.8, 4) is 5.75 Å². The molecule has 0 spiro atoms. The minimum absolute atomic E-state index is 0.153. The Kier molecular flexibility index (Phi) is 3.79. The summed E-state index contributed by atoms with van der Waals surface area (Å²) in [5.41, 5.74) is 0.985. The molecule has 3 heteroatoms. The standard InChI is InChI=1S/C14H19NO2/c1-10-12(7-8-15-10)13(16)9-11-5-3-4-6-14(11)17-2/h3-6,10,12,15H,7-9H2,1-2H3. The first-order valence-corrected chi connectivity index (χ1v) is 6.10. The Hall–Kier alpha value is -1.35. The van der Waals surface area contributed by atoms with Crippen LogP contribution in [0.4, 0.5) is 0 Å². The molecule has 2 unspecified atom stereocenters. The van der Waals surface area contributed by atoms with Crippen molar-refractivity contribution in [1.82, 2.24) is 5.32 Å². The zero-order valence-corrected chi connectivity index (χ0v) is 10.4. The summed E-state index contributed by atoms with van der Waals surface area (Å²) in [5, 5.41) is 3.31. The summed E-state index contributed by atoms with van der Waals surface area (Å²) >= 11 is 0. The lowest BCUT2D eigenvalue weighted by Gasteiger charge is -2.14. The molecule has 3 nitrogen and oxygen atoms in total. The molecule has 1 saturated heterocycles. The van der Waals surface area contributed by atoms with Gasteiger partial charge in [-0.25, -0.2) is 0 Å². The summed E-state index contributed by atoms with van der Waals surface area (Å²) in [5.74, 6) is 1.27. The van der Waals surface area contributed by atoms with E-state index in [2.05, 4.69) is 12.2 Å². The van der Waals surface area contributed by atoms with E-state index in [0.717, 1.165) is 24.3 Å². The number of carbonyl (C=O) groups is 1. The third kappa shape index (κ3) is 2.67. The van der Waals surface area contributed by atoms with E-state index in [9.17, 15) is 4.79 Å². The quantitative estimate of drug-likeness (QED) is 0.862. The minimum Gasteiger partial charge on any atom is -0.496 e. The highest BCUT2D eigenvalue weighted by Gasteiger charge is 2.29. The molecule has 0 radical (unpaired) electrons. The van der Waals surface area contributed by atoms with Crippen molar-refractivity contribution < 1.29 is 9.53 Å². The van der Waals surface area contributed by atoms with Crippen molar-refractivity contribution in [3.63, 3.8) is 0 Å². The number of rotatable bonds is 4. The van der Waals surface area contributed by atoms with Gasteiger partial charge in [-0.3, -0.25) is 4.79 Å². The molecule has 17 heavy (non-hydrogen) atoms. The maximum Gasteiger partial charge on any atom is 0.142 e. The van der Waals surface area contributed by atoms with E-state index in [1.807, 2.05) is 24.3 Å². The van der Waals surface area contributed by atoms with Crippen LogP contribution in [0, 0.1) is 5.92 Å². The van der Waals surface area contributed by atoms with E-state index >= 15 is 0 Å². The zero-order chi connectivity index (χ0) is 12.3. The van der Waals surface area contributed by atoms with Crippen molar-refractivity contribution in [3.05, 3.63) is 29.8 Å². The molecular weight excluding hydrogens is 214 g/mol. The molecule has 0 amide bonds. The van der Waals surface area contributed by atoms with Gasteiger partial charge in [-0.15, -0.1) is 0 Å². The summed E-state index contributed by atoms with van der Waals surface area (Å²) in [4.78, 5) is 12.2. The van der Waals surface area contributed by atoms with Crippen molar-refractivity contribution in [2.75, 3.05) is 13.7 Å². The summed E-state index contributed by atoms with van der Waals surface area (Å²) < 4.78 is 5.27. The smallest absolute Gasteiger partial charge is 0.142 e. The van der Waals surface area contributed by atoms with E-state index < -0.39 is 0 Å². The number of para-hydroxylation sites is 1. The molecular formula is C14H19NO2. The number of methoxy groups -OCH3 is 1. The van der Waals surface area contributed by atoms with Crippen LogP contribution in [0.25, 0.3) is 0 Å². The zero-order valence-electron chi connectivity index (χ0n) is 10.4. The third-order valence-corrected chi connectivity index (χ3v) is 3.50. The fraction of sp³-hybridized carbons (Fsp3) is 0.500. The number of hydrogen-bond acceptors (Lipinski definition) is 3. The van der Waals surface area contributed by atoms with Crippen molar-refractivity contribution in [2.24, 2.45) is 5.92 Å². The van der Waals surface area contributed by atoms with Crippen LogP contribution in [-0.4, -0.2) is 25.5 Å². The molecule has 0 aromatic heterocycles. The average molecular weight is 233 g/mol. The Morgan fingerprint density at radius 1 is 1.47 bits per heavy atom. The van der Waals surface area contributed by atoms with Gasteiger partial charge in [0.15, 0.2) is 0 Å².